The Hall–Kier alpha value is -3.20. The number of imidazole rings is 1. The van der Waals surface area contributed by atoms with Gasteiger partial charge in [-0.15, -0.1) is 0 Å². The largest absolute Gasteiger partial charge is 0.468 e. The summed E-state index contributed by atoms with van der Waals surface area (Å²) in [5.41, 5.74) is 5.22. The van der Waals surface area contributed by atoms with Crippen LogP contribution in [0.5, 0.6) is 0 Å². The third kappa shape index (κ3) is 4.43. The number of rotatable bonds is 6. The molecule has 37 heavy (non-hydrogen) atoms. The van der Waals surface area contributed by atoms with Crippen molar-refractivity contribution >= 4 is 28.5 Å². The van der Waals surface area contributed by atoms with Crippen LogP contribution >= 0.6 is 11.6 Å². The summed E-state index contributed by atoms with van der Waals surface area (Å²) in [6, 6.07) is 12.6. The number of piperidine rings is 1. The van der Waals surface area contributed by atoms with Gasteiger partial charge in [0.2, 0.25) is 0 Å². The first-order valence-electron chi connectivity index (χ1n) is 12.6. The highest BCUT2D eigenvalue weighted by atomic mass is 35.5. The van der Waals surface area contributed by atoms with E-state index in [1.54, 1.807) is 12.4 Å². The van der Waals surface area contributed by atoms with Crippen LogP contribution < -0.4 is 5.32 Å². The third-order valence-electron chi connectivity index (χ3n) is 7.86. The SMILES string of the molecule is COC(=O)[C@@H]1Cc2c([nH]c3ccccc23)[C@H]2C[C@@H](NCCc3cnc[nH]3)C[C@@H](c3ccc(Cl)c(F)c3)N21. The average Bonchev–Trinajstić information content (AvgIpc) is 3.57. The number of nitrogens with zero attached hydrogens (tertiary/aromatic N) is 2. The highest BCUT2D eigenvalue weighted by molar-refractivity contribution is 6.30. The fraction of sp³-hybridized carbons (Fsp3) is 0.357. The number of para-hydroxylation sites is 1. The summed E-state index contributed by atoms with van der Waals surface area (Å²) in [6.07, 6.45) is 6.42. The first-order valence-corrected chi connectivity index (χ1v) is 13.0. The Morgan fingerprint density at radius 2 is 2.08 bits per heavy atom. The number of H-pyrrole nitrogens is 2. The molecule has 6 rings (SSSR count). The number of esters is 1. The molecule has 2 aliphatic heterocycles. The lowest BCUT2D eigenvalue weighted by molar-refractivity contribution is -0.152. The number of carbonyl (C=O) groups excluding carboxylic acids is 1. The van der Waals surface area contributed by atoms with Gasteiger partial charge in [0.1, 0.15) is 11.9 Å². The first kappa shape index (κ1) is 24.2. The van der Waals surface area contributed by atoms with Gasteiger partial charge < -0.3 is 20.0 Å². The summed E-state index contributed by atoms with van der Waals surface area (Å²) < 4.78 is 19.9. The molecular formula is C28H29ClFN5O2. The molecule has 0 unspecified atom stereocenters. The van der Waals surface area contributed by atoms with Gasteiger partial charge >= 0.3 is 5.97 Å². The number of ether oxygens (including phenoxy) is 1. The van der Waals surface area contributed by atoms with E-state index in [-0.39, 0.29) is 29.1 Å². The van der Waals surface area contributed by atoms with Gasteiger partial charge in [-0.3, -0.25) is 9.69 Å². The Labute approximate surface area is 219 Å². The van der Waals surface area contributed by atoms with E-state index in [1.165, 1.54) is 13.2 Å². The maximum absolute atomic E-state index is 14.6. The Morgan fingerprint density at radius 1 is 1.24 bits per heavy atom. The van der Waals surface area contributed by atoms with Crippen LogP contribution in [0.25, 0.3) is 10.9 Å². The van der Waals surface area contributed by atoms with Crippen molar-refractivity contribution in [3.63, 3.8) is 0 Å². The second-order valence-electron chi connectivity index (χ2n) is 9.91. The van der Waals surface area contributed by atoms with Gasteiger partial charge in [0, 0.05) is 60.0 Å². The zero-order valence-electron chi connectivity index (χ0n) is 20.5. The number of benzene rings is 2. The fourth-order valence-electron chi connectivity index (χ4n) is 6.19. The van der Waals surface area contributed by atoms with E-state index in [9.17, 15) is 9.18 Å². The van der Waals surface area contributed by atoms with Crippen molar-refractivity contribution < 1.29 is 13.9 Å². The highest BCUT2D eigenvalue weighted by Gasteiger charge is 2.48. The van der Waals surface area contributed by atoms with Gasteiger partial charge in [-0.1, -0.05) is 35.9 Å². The predicted octanol–water partition coefficient (Wildman–Crippen LogP) is 4.86. The second kappa shape index (κ2) is 9.93. The molecule has 4 aromatic rings. The molecule has 4 atom stereocenters. The topological polar surface area (TPSA) is 86.0 Å². The Kier molecular flexibility index (Phi) is 6.48. The molecule has 1 saturated heterocycles. The molecule has 0 radical (unpaired) electrons. The lowest BCUT2D eigenvalue weighted by Gasteiger charge is -2.50. The van der Waals surface area contributed by atoms with E-state index in [1.807, 2.05) is 24.4 Å². The lowest BCUT2D eigenvalue weighted by atomic mass is 9.79. The summed E-state index contributed by atoms with van der Waals surface area (Å²) in [5.74, 6) is -0.728. The van der Waals surface area contributed by atoms with E-state index in [0.717, 1.165) is 59.2 Å². The van der Waals surface area contributed by atoms with Crippen molar-refractivity contribution in [3.8, 4) is 0 Å². The number of carbonyl (C=O) groups is 1. The molecule has 0 saturated carbocycles. The van der Waals surface area contributed by atoms with Crippen LogP contribution in [0.4, 0.5) is 4.39 Å². The quantitative estimate of drug-likeness (QED) is 0.315. The number of halogens is 2. The van der Waals surface area contributed by atoms with E-state index >= 15 is 0 Å². The molecule has 3 N–H and O–H groups in total. The predicted molar refractivity (Wildman–Crippen MR) is 140 cm³/mol. The molecule has 2 aliphatic rings. The molecule has 2 aromatic heterocycles. The zero-order valence-corrected chi connectivity index (χ0v) is 21.3. The Balaban J connectivity index is 1.41. The summed E-state index contributed by atoms with van der Waals surface area (Å²) in [6.45, 7) is 0.779. The van der Waals surface area contributed by atoms with Crippen LogP contribution in [0.1, 0.15) is 47.4 Å². The van der Waals surface area contributed by atoms with E-state index in [2.05, 4.69) is 37.3 Å². The summed E-state index contributed by atoms with van der Waals surface area (Å²) in [7, 11) is 1.43. The van der Waals surface area contributed by atoms with Gasteiger partial charge in [-0.2, -0.15) is 0 Å². The summed E-state index contributed by atoms with van der Waals surface area (Å²) >= 11 is 6.03. The van der Waals surface area contributed by atoms with Gasteiger partial charge in [-0.25, -0.2) is 9.37 Å². The Bertz CT molecular complexity index is 1420. The molecule has 4 heterocycles. The fourth-order valence-corrected chi connectivity index (χ4v) is 6.31. The maximum Gasteiger partial charge on any atom is 0.323 e. The monoisotopic (exact) mass is 521 g/mol. The molecule has 1 fully saturated rings. The van der Waals surface area contributed by atoms with Gasteiger partial charge in [0.25, 0.3) is 0 Å². The smallest absolute Gasteiger partial charge is 0.323 e. The maximum atomic E-state index is 14.6. The van der Waals surface area contributed by atoms with Crippen molar-refractivity contribution in [3.05, 3.63) is 88.3 Å². The average molecular weight is 522 g/mol. The molecule has 192 valence electrons. The van der Waals surface area contributed by atoms with Crippen LogP contribution in [-0.4, -0.2) is 51.6 Å². The normalized spacial score (nSPS) is 23.5. The minimum atomic E-state index is -0.476. The van der Waals surface area contributed by atoms with Crippen LogP contribution in [-0.2, 0) is 22.4 Å². The van der Waals surface area contributed by atoms with E-state index in [4.69, 9.17) is 16.3 Å². The van der Waals surface area contributed by atoms with E-state index in [0.29, 0.717) is 6.42 Å². The van der Waals surface area contributed by atoms with E-state index < -0.39 is 11.9 Å². The molecule has 0 bridgehead atoms. The number of hydrogen-bond donors (Lipinski definition) is 3. The van der Waals surface area contributed by atoms with Crippen molar-refractivity contribution in [1.29, 1.82) is 0 Å². The third-order valence-corrected chi connectivity index (χ3v) is 8.16. The molecule has 2 aromatic carbocycles. The molecule has 0 spiro atoms. The molecule has 9 heteroatoms. The minimum Gasteiger partial charge on any atom is -0.468 e. The number of aromatic amines is 2. The molecular weight excluding hydrogens is 493 g/mol. The van der Waals surface area contributed by atoms with Crippen LogP contribution in [0.2, 0.25) is 5.02 Å². The number of nitrogens with one attached hydrogen (secondary N) is 3. The Morgan fingerprint density at radius 3 is 2.86 bits per heavy atom. The highest BCUT2D eigenvalue weighted by Crippen LogP contribution is 2.49. The summed E-state index contributed by atoms with van der Waals surface area (Å²) in [4.78, 5) is 26.3. The van der Waals surface area contributed by atoms with Gasteiger partial charge in [-0.05, 0) is 42.2 Å². The number of fused-ring (bicyclic) bond motifs is 5. The number of aromatic nitrogens is 3. The minimum absolute atomic E-state index is 0.0672. The van der Waals surface area contributed by atoms with Crippen molar-refractivity contribution in [1.82, 2.24) is 25.2 Å². The molecule has 7 nitrogen and oxygen atoms in total. The lowest BCUT2D eigenvalue weighted by Crippen LogP contribution is -2.55. The second-order valence-corrected chi connectivity index (χ2v) is 10.3. The molecule has 0 amide bonds. The first-order chi connectivity index (χ1) is 18.0. The number of methoxy groups -OCH3 is 1. The number of hydrogen-bond acceptors (Lipinski definition) is 5. The standard InChI is InChI=1S/C28H29ClFN5O2/c1-37-28(36)26-13-20-19-4-2-3-5-23(19)34-27(20)25-12-18(32-9-8-17-14-31-15-33-17)11-24(35(25)26)16-6-7-21(29)22(30)10-16/h2-7,10,14-15,18,24-26,32,34H,8-9,11-13H2,1H3,(H,31,33)/t18-,24-,25+,26-/m0/s1. The van der Waals surface area contributed by atoms with Gasteiger partial charge in [0.15, 0.2) is 0 Å². The van der Waals surface area contributed by atoms with Crippen molar-refractivity contribution in [2.75, 3.05) is 13.7 Å². The van der Waals surface area contributed by atoms with Crippen LogP contribution in [0, 0.1) is 5.82 Å². The van der Waals surface area contributed by atoms with Crippen molar-refractivity contribution in [2.45, 2.75) is 49.9 Å². The summed E-state index contributed by atoms with van der Waals surface area (Å²) in [5, 5.41) is 4.94. The van der Waals surface area contributed by atoms with Crippen molar-refractivity contribution in [2.24, 2.45) is 0 Å². The zero-order chi connectivity index (χ0) is 25.5. The van der Waals surface area contributed by atoms with Crippen LogP contribution in [0.15, 0.2) is 55.0 Å². The van der Waals surface area contributed by atoms with Crippen LogP contribution in [0.3, 0.4) is 0 Å². The molecule has 0 aliphatic carbocycles. The van der Waals surface area contributed by atoms with Gasteiger partial charge in [0.05, 0.1) is 24.5 Å².